The molecule has 0 unspecified atom stereocenters. The zero-order chi connectivity index (χ0) is 20.4. The second-order valence-corrected chi connectivity index (χ2v) is 8.77. The van der Waals surface area contributed by atoms with Crippen molar-refractivity contribution in [2.45, 2.75) is 59.5 Å². The van der Waals surface area contributed by atoms with Crippen molar-refractivity contribution in [3.05, 3.63) is 46.0 Å². The molecule has 0 saturated heterocycles. The predicted octanol–water partition coefficient (Wildman–Crippen LogP) is 4.73. The molecule has 0 amide bonds. The Bertz CT molecular complexity index is 937. The Labute approximate surface area is 157 Å². The number of halogens is 1. The minimum Gasteiger partial charge on any atom is -0.334 e. The minimum absolute atomic E-state index is 0.0303. The number of ketones is 1. The first-order valence-corrected chi connectivity index (χ1v) is 10.6. The standard InChI is InChI=1S/C19H25FNO5P/c1-6-18(22)16-10-21(11-27(24,25-12(2)3)26-13(4)5)17-9-14(20)7-8-15(17)19(16)23/h7-10,12-13H,6,11H2,1-5H3. The van der Waals surface area contributed by atoms with Gasteiger partial charge in [0.25, 0.3) is 0 Å². The van der Waals surface area contributed by atoms with Crippen LogP contribution in [0.4, 0.5) is 4.39 Å². The summed E-state index contributed by atoms with van der Waals surface area (Å²) in [6.45, 7) is 8.56. The summed E-state index contributed by atoms with van der Waals surface area (Å²) >= 11 is 0. The van der Waals surface area contributed by atoms with Crippen LogP contribution in [0.2, 0.25) is 0 Å². The maximum absolute atomic E-state index is 13.8. The van der Waals surface area contributed by atoms with E-state index in [1.54, 1.807) is 34.6 Å². The van der Waals surface area contributed by atoms with Crippen molar-refractivity contribution in [1.82, 2.24) is 4.57 Å². The van der Waals surface area contributed by atoms with Crippen molar-refractivity contribution < 1.29 is 22.8 Å². The van der Waals surface area contributed by atoms with Gasteiger partial charge in [0.2, 0.25) is 0 Å². The Hall–Kier alpha value is -1.82. The van der Waals surface area contributed by atoms with E-state index in [1.807, 2.05) is 0 Å². The van der Waals surface area contributed by atoms with Gasteiger partial charge in [-0.15, -0.1) is 0 Å². The fraction of sp³-hybridized carbons (Fsp3) is 0.474. The zero-order valence-electron chi connectivity index (χ0n) is 16.2. The second kappa shape index (κ2) is 8.46. The van der Waals surface area contributed by atoms with Crippen molar-refractivity contribution in [1.29, 1.82) is 0 Å². The van der Waals surface area contributed by atoms with E-state index in [9.17, 15) is 18.5 Å². The maximum Gasteiger partial charge on any atom is 0.350 e. The number of carbonyl (C=O) groups is 1. The van der Waals surface area contributed by atoms with Crippen molar-refractivity contribution in [3.63, 3.8) is 0 Å². The van der Waals surface area contributed by atoms with Crippen LogP contribution in [0.1, 0.15) is 51.4 Å². The molecule has 0 aliphatic rings. The minimum atomic E-state index is -3.62. The molecule has 0 bridgehead atoms. The van der Waals surface area contributed by atoms with Gasteiger partial charge >= 0.3 is 7.60 Å². The van der Waals surface area contributed by atoms with Crippen LogP contribution in [0, 0.1) is 5.82 Å². The predicted molar refractivity (Wildman–Crippen MR) is 103 cm³/mol. The van der Waals surface area contributed by atoms with Crippen LogP contribution in [0.5, 0.6) is 0 Å². The molecule has 1 heterocycles. The lowest BCUT2D eigenvalue weighted by molar-refractivity contribution is 0.0986. The van der Waals surface area contributed by atoms with Gasteiger partial charge in [-0.3, -0.25) is 14.2 Å². The molecule has 8 heteroatoms. The van der Waals surface area contributed by atoms with Crippen LogP contribution in [-0.4, -0.2) is 22.6 Å². The molecule has 0 spiro atoms. The molecule has 2 rings (SSSR count). The lowest BCUT2D eigenvalue weighted by atomic mass is 10.1. The molecule has 0 fully saturated rings. The molecular weight excluding hydrogens is 372 g/mol. The number of nitrogens with zero attached hydrogens (tertiary/aromatic N) is 1. The summed E-state index contributed by atoms with van der Waals surface area (Å²) in [5, 5.41) is 0.177. The number of hydrogen-bond acceptors (Lipinski definition) is 5. The van der Waals surface area contributed by atoms with Crippen LogP contribution in [0.3, 0.4) is 0 Å². The molecule has 0 aliphatic heterocycles. The summed E-state index contributed by atoms with van der Waals surface area (Å²) < 4.78 is 39.6. The Morgan fingerprint density at radius 1 is 1.19 bits per heavy atom. The molecule has 0 radical (unpaired) electrons. The summed E-state index contributed by atoms with van der Waals surface area (Å²) in [5.74, 6) is -0.890. The number of pyridine rings is 1. The lowest BCUT2D eigenvalue weighted by Crippen LogP contribution is -2.20. The largest absolute Gasteiger partial charge is 0.350 e. The third-order valence-electron chi connectivity index (χ3n) is 3.73. The van der Waals surface area contributed by atoms with Crippen LogP contribution in [0.25, 0.3) is 10.9 Å². The molecule has 0 aliphatic carbocycles. The third-order valence-corrected chi connectivity index (χ3v) is 5.87. The topological polar surface area (TPSA) is 74.6 Å². The van der Waals surface area contributed by atoms with Crippen molar-refractivity contribution in [2.75, 3.05) is 0 Å². The average Bonchev–Trinajstić information content (AvgIpc) is 2.54. The maximum atomic E-state index is 13.8. The van der Waals surface area contributed by atoms with E-state index in [0.717, 1.165) is 6.07 Å². The normalized spacial score (nSPS) is 12.3. The summed E-state index contributed by atoms with van der Waals surface area (Å²) in [6, 6.07) is 3.66. The van der Waals surface area contributed by atoms with Crippen LogP contribution >= 0.6 is 7.60 Å². The third kappa shape index (κ3) is 5.12. The SMILES string of the molecule is CCC(=O)c1cn(CP(=O)(OC(C)C)OC(C)C)c2cc(F)ccc2c1=O. The number of fused-ring (bicyclic) bond motifs is 1. The molecule has 0 atom stereocenters. The van der Waals surface area contributed by atoms with Gasteiger partial charge < -0.3 is 13.6 Å². The summed E-state index contributed by atoms with van der Waals surface area (Å²) in [7, 11) is -3.62. The van der Waals surface area contributed by atoms with E-state index >= 15 is 0 Å². The van der Waals surface area contributed by atoms with Crippen LogP contribution in [-0.2, 0) is 19.9 Å². The molecule has 27 heavy (non-hydrogen) atoms. The molecule has 1 aromatic heterocycles. The molecule has 1 aromatic carbocycles. The molecule has 0 saturated carbocycles. The quantitative estimate of drug-likeness (QED) is 0.475. The first-order chi connectivity index (χ1) is 12.6. The number of benzene rings is 1. The van der Waals surface area contributed by atoms with Gasteiger partial charge in [0.05, 0.1) is 23.3 Å². The summed E-state index contributed by atoms with van der Waals surface area (Å²) in [4.78, 5) is 24.8. The molecule has 2 aromatic rings. The van der Waals surface area contributed by atoms with Gasteiger partial charge in [0.1, 0.15) is 12.1 Å². The van der Waals surface area contributed by atoms with E-state index in [1.165, 1.54) is 22.9 Å². The summed E-state index contributed by atoms with van der Waals surface area (Å²) in [6.07, 6.45) is 0.483. The Morgan fingerprint density at radius 3 is 2.30 bits per heavy atom. The monoisotopic (exact) mass is 397 g/mol. The van der Waals surface area contributed by atoms with Crippen molar-refractivity contribution in [3.8, 4) is 0 Å². The fourth-order valence-electron chi connectivity index (χ4n) is 2.79. The van der Waals surface area contributed by atoms with Crippen LogP contribution < -0.4 is 5.43 Å². The van der Waals surface area contributed by atoms with E-state index in [2.05, 4.69) is 0 Å². The Balaban J connectivity index is 2.69. The smallest absolute Gasteiger partial charge is 0.334 e. The number of Topliss-reactive ketones (excluding diaryl/α,β-unsaturated/α-hetero) is 1. The highest BCUT2D eigenvalue weighted by atomic mass is 31.2. The Morgan fingerprint density at radius 2 is 1.78 bits per heavy atom. The van der Waals surface area contributed by atoms with Gasteiger partial charge in [0, 0.05) is 18.0 Å². The highest BCUT2D eigenvalue weighted by Crippen LogP contribution is 2.52. The highest BCUT2D eigenvalue weighted by molar-refractivity contribution is 7.52. The average molecular weight is 397 g/mol. The van der Waals surface area contributed by atoms with Gasteiger partial charge in [-0.05, 0) is 45.9 Å². The number of hydrogen-bond donors (Lipinski definition) is 0. The first kappa shape index (κ1) is 21.5. The Kier molecular flexibility index (Phi) is 6.73. The van der Waals surface area contributed by atoms with Crippen molar-refractivity contribution in [2.24, 2.45) is 0 Å². The zero-order valence-corrected chi connectivity index (χ0v) is 17.1. The van der Waals surface area contributed by atoms with Crippen LogP contribution in [0.15, 0.2) is 29.2 Å². The van der Waals surface area contributed by atoms with E-state index in [0.29, 0.717) is 0 Å². The van der Waals surface area contributed by atoms with Gasteiger partial charge in [-0.25, -0.2) is 4.39 Å². The van der Waals surface area contributed by atoms with Gasteiger partial charge in [0.15, 0.2) is 11.2 Å². The number of aromatic nitrogens is 1. The highest BCUT2D eigenvalue weighted by Gasteiger charge is 2.29. The van der Waals surface area contributed by atoms with Gasteiger partial charge in [-0.2, -0.15) is 0 Å². The fourth-order valence-corrected chi connectivity index (χ4v) is 4.87. The lowest BCUT2D eigenvalue weighted by Gasteiger charge is -2.24. The van der Waals surface area contributed by atoms with E-state index in [4.69, 9.17) is 9.05 Å². The second-order valence-electron chi connectivity index (χ2n) is 6.84. The van der Waals surface area contributed by atoms with Gasteiger partial charge in [-0.1, -0.05) is 6.92 Å². The van der Waals surface area contributed by atoms with E-state index in [-0.39, 0.29) is 47.2 Å². The van der Waals surface area contributed by atoms with E-state index < -0.39 is 18.8 Å². The molecule has 0 N–H and O–H groups in total. The molecule has 148 valence electrons. The molecule has 6 nitrogen and oxygen atoms in total. The summed E-state index contributed by atoms with van der Waals surface area (Å²) in [5.41, 5.74) is -0.276. The number of carbonyl (C=O) groups excluding carboxylic acids is 1. The van der Waals surface area contributed by atoms with Crippen molar-refractivity contribution >= 4 is 24.3 Å². The first-order valence-electron chi connectivity index (χ1n) is 8.88. The molecular formula is C19H25FNO5P. The number of rotatable bonds is 8.